The summed E-state index contributed by atoms with van der Waals surface area (Å²) in [5.41, 5.74) is 0.338. The van der Waals surface area contributed by atoms with E-state index in [-0.39, 0.29) is 10.9 Å². The van der Waals surface area contributed by atoms with Gasteiger partial charge in [-0.05, 0) is 18.2 Å². The van der Waals surface area contributed by atoms with E-state index in [1.165, 1.54) is 12.1 Å². The Kier molecular flexibility index (Phi) is 3.41. The van der Waals surface area contributed by atoms with Crippen molar-refractivity contribution in [1.82, 2.24) is 4.90 Å². The lowest BCUT2D eigenvalue weighted by atomic mass is 10.2. The quantitative estimate of drug-likeness (QED) is 0.755. The van der Waals surface area contributed by atoms with Crippen molar-refractivity contribution in [2.45, 2.75) is 0 Å². The third-order valence-electron chi connectivity index (χ3n) is 2.46. The minimum Gasteiger partial charge on any atom is -0.378 e. The van der Waals surface area contributed by atoms with Crippen molar-refractivity contribution in [3.63, 3.8) is 0 Å². The molecule has 0 spiro atoms. The highest BCUT2D eigenvalue weighted by Gasteiger charge is 2.20. The first-order chi connectivity index (χ1) is 7.68. The first kappa shape index (κ1) is 11.4. The van der Waals surface area contributed by atoms with Crippen molar-refractivity contribution < 1.29 is 13.9 Å². The number of amides is 1. The maximum Gasteiger partial charge on any atom is 0.255 e. The molecule has 0 N–H and O–H groups in total. The predicted octanol–water partition coefficient (Wildman–Crippen LogP) is 1.95. The van der Waals surface area contributed by atoms with Gasteiger partial charge in [-0.3, -0.25) is 4.79 Å². The molecular weight excluding hydrogens is 233 g/mol. The maximum atomic E-state index is 12.8. The molecule has 1 fully saturated rings. The Morgan fingerprint density at radius 1 is 1.38 bits per heavy atom. The molecule has 0 saturated carbocycles. The number of ether oxygens (including phenoxy) is 1. The van der Waals surface area contributed by atoms with Gasteiger partial charge in [0.2, 0.25) is 0 Å². The molecule has 86 valence electrons. The first-order valence-corrected chi connectivity index (χ1v) is 5.38. The van der Waals surface area contributed by atoms with E-state index in [2.05, 4.69) is 0 Å². The van der Waals surface area contributed by atoms with E-state index in [0.717, 1.165) is 6.07 Å². The van der Waals surface area contributed by atoms with Crippen LogP contribution >= 0.6 is 11.6 Å². The zero-order valence-electron chi connectivity index (χ0n) is 8.58. The lowest BCUT2D eigenvalue weighted by molar-refractivity contribution is 0.0303. The summed E-state index contributed by atoms with van der Waals surface area (Å²) in [5.74, 6) is -0.614. The number of carbonyl (C=O) groups is 1. The Labute approximate surface area is 97.8 Å². The predicted molar refractivity (Wildman–Crippen MR) is 58.1 cm³/mol. The molecule has 1 saturated heterocycles. The van der Waals surface area contributed by atoms with Gasteiger partial charge in [-0.2, -0.15) is 0 Å². The van der Waals surface area contributed by atoms with Crippen molar-refractivity contribution in [3.05, 3.63) is 34.6 Å². The highest BCUT2D eigenvalue weighted by molar-refractivity contribution is 6.33. The molecule has 0 aromatic heterocycles. The Morgan fingerprint density at radius 3 is 2.69 bits per heavy atom. The van der Waals surface area contributed by atoms with Crippen molar-refractivity contribution >= 4 is 17.5 Å². The molecule has 1 aliphatic heterocycles. The largest absolute Gasteiger partial charge is 0.378 e. The molecule has 1 amide bonds. The topological polar surface area (TPSA) is 29.5 Å². The van der Waals surface area contributed by atoms with Crippen LogP contribution in [0.25, 0.3) is 0 Å². The second kappa shape index (κ2) is 4.80. The summed E-state index contributed by atoms with van der Waals surface area (Å²) in [6.45, 7) is 2.16. The Hall–Kier alpha value is -1.13. The summed E-state index contributed by atoms with van der Waals surface area (Å²) in [6.07, 6.45) is 0. The molecular formula is C11H11ClFNO2. The molecule has 2 rings (SSSR count). The third kappa shape index (κ3) is 2.33. The molecule has 0 unspecified atom stereocenters. The number of benzene rings is 1. The van der Waals surface area contributed by atoms with Gasteiger partial charge in [-0.1, -0.05) is 11.6 Å². The van der Waals surface area contributed by atoms with E-state index >= 15 is 0 Å². The summed E-state index contributed by atoms with van der Waals surface area (Å²) < 4.78 is 18.0. The normalized spacial score (nSPS) is 16.2. The van der Waals surface area contributed by atoms with E-state index < -0.39 is 5.82 Å². The van der Waals surface area contributed by atoms with Gasteiger partial charge in [-0.25, -0.2) is 4.39 Å². The minimum absolute atomic E-state index is 0.150. The number of hydrogen-bond acceptors (Lipinski definition) is 2. The van der Waals surface area contributed by atoms with Crippen molar-refractivity contribution in [3.8, 4) is 0 Å². The Morgan fingerprint density at radius 2 is 2.06 bits per heavy atom. The van der Waals surface area contributed by atoms with E-state index in [1.54, 1.807) is 4.90 Å². The van der Waals surface area contributed by atoms with Crippen molar-refractivity contribution in [1.29, 1.82) is 0 Å². The number of hydrogen-bond donors (Lipinski definition) is 0. The van der Waals surface area contributed by atoms with Gasteiger partial charge in [0.05, 0.1) is 23.8 Å². The lowest BCUT2D eigenvalue weighted by Gasteiger charge is -2.27. The highest BCUT2D eigenvalue weighted by atomic mass is 35.5. The molecule has 16 heavy (non-hydrogen) atoms. The smallest absolute Gasteiger partial charge is 0.255 e. The number of halogens is 2. The molecule has 5 heteroatoms. The fourth-order valence-corrected chi connectivity index (χ4v) is 1.85. The average molecular weight is 244 g/mol. The fraction of sp³-hybridized carbons (Fsp3) is 0.364. The summed E-state index contributed by atoms with van der Waals surface area (Å²) in [7, 11) is 0. The van der Waals surface area contributed by atoms with Gasteiger partial charge in [0.15, 0.2) is 0 Å². The van der Waals surface area contributed by atoms with E-state index in [1.807, 2.05) is 0 Å². The lowest BCUT2D eigenvalue weighted by Crippen LogP contribution is -2.40. The summed E-state index contributed by atoms with van der Waals surface area (Å²) in [4.78, 5) is 13.7. The van der Waals surface area contributed by atoms with Gasteiger partial charge in [0.1, 0.15) is 5.82 Å². The van der Waals surface area contributed by atoms with E-state index in [9.17, 15) is 9.18 Å². The van der Waals surface area contributed by atoms with Crippen LogP contribution in [0.3, 0.4) is 0 Å². The molecule has 1 heterocycles. The second-order valence-corrected chi connectivity index (χ2v) is 3.94. The van der Waals surface area contributed by atoms with Gasteiger partial charge in [-0.15, -0.1) is 0 Å². The fourth-order valence-electron chi connectivity index (χ4n) is 1.60. The first-order valence-electron chi connectivity index (χ1n) is 5.00. The van der Waals surface area contributed by atoms with E-state index in [0.29, 0.717) is 31.9 Å². The van der Waals surface area contributed by atoms with Crippen LogP contribution in [0.1, 0.15) is 10.4 Å². The zero-order valence-corrected chi connectivity index (χ0v) is 9.34. The Balaban J connectivity index is 2.19. The molecule has 0 atom stereocenters. The standard InChI is InChI=1S/C11H11ClFNO2/c12-10-7-8(13)1-2-9(10)11(15)14-3-5-16-6-4-14/h1-2,7H,3-6H2. The van der Waals surface area contributed by atoms with Crippen molar-refractivity contribution in [2.24, 2.45) is 0 Å². The highest BCUT2D eigenvalue weighted by Crippen LogP contribution is 2.19. The number of carbonyl (C=O) groups excluding carboxylic acids is 1. The van der Waals surface area contributed by atoms with Crippen LogP contribution < -0.4 is 0 Å². The molecule has 0 bridgehead atoms. The van der Waals surface area contributed by atoms with Crippen LogP contribution in [0.5, 0.6) is 0 Å². The Bertz CT molecular complexity index is 405. The van der Waals surface area contributed by atoms with Crippen LogP contribution in [-0.4, -0.2) is 37.1 Å². The summed E-state index contributed by atoms with van der Waals surface area (Å²) >= 11 is 5.82. The van der Waals surface area contributed by atoms with Crippen LogP contribution in [-0.2, 0) is 4.74 Å². The number of morpholine rings is 1. The van der Waals surface area contributed by atoms with Crippen LogP contribution in [0.2, 0.25) is 5.02 Å². The van der Waals surface area contributed by atoms with Gasteiger partial charge < -0.3 is 9.64 Å². The minimum atomic E-state index is -0.441. The molecule has 1 aromatic carbocycles. The average Bonchev–Trinajstić information content (AvgIpc) is 2.29. The van der Waals surface area contributed by atoms with E-state index in [4.69, 9.17) is 16.3 Å². The molecule has 0 aliphatic carbocycles. The third-order valence-corrected chi connectivity index (χ3v) is 2.77. The number of nitrogens with zero attached hydrogens (tertiary/aromatic N) is 1. The van der Waals surface area contributed by atoms with Crippen LogP contribution in [0.4, 0.5) is 4.39 Å². The van der Waals surface area contributed by atoms with Crippen LogP contribution in [0.15, 0.2) is 18.2 Å². The molecule has 1 aliphatic rings. The maximum absolute atomic E-state index is 12.8. The zero-order chi connectivity index (χ0) is 11.5. The van der Waals surface area contributed by atoms with Crippen molar-refractivity contribution in [2.75, 3.05) is 26.3 Å². The van der Waals surface area contributed by atoms with Gasteiger partial charge in [0.25, 0.3) is 5.91 Å². The molecule has 3 nitrogen and oxygen atoms in total. The second-order valence-electron chi connectivity index (χ2n) is 3.53. The monoisotopic (exact) mass is 243 g/mol. The van der Waals surface area contributed by atoms with Gasteiger partial charge >= 0.3 is 0 Å². The van der Waals surface area contributed by atoms with Crippen LogP contribution in [0, 0.1) is 5.82 Å². The molecule has 1 aromatic rings. The van der Waals surface area contributed by atoms with Gasteiger partial charge in [0, 0.05) is 13.1 Å². The SMILES string of the molecule is O=C(c1ccc(F)cc1Cl)N1CCOCC1. The summed E-state index contributed by atoms with van der Waals surface area (Å²) in [6, 6.07) is 3.80. The molecule has 0 radical (unpaired) electrons. The number of rotatable bonds is 1. The summed E-state index contributed by atoms with van der Waals surface area (Å²) in [5, 5.41) is 0.150.